The molecule has 2 heterocycles. The molecule has 4 aromatic rings. The minimum atomic E-state index is -3.71. The van der Waals surface area contributed by atoms with E-state index in [9.17, 15) is 17.6 Å². The molecule has 0 fully saturated rings. The van der Waals surface area contributed by atoms with E-state index in [4.69, 9.17) is 16.0 Å². The van der Waals surface area contributed by atoms with Gasteiger partial charge in [0.15, 0.2) is 11.4 Å². The summed E-state index contributed by atoms with van der Waals surface area (Å²) in [6.07, 6.45) is 2.64. The number of aromatic nitrogens is 1. The summed E-state index contributed by atoms with van der Waals surface area (Å²) < 4.78 is 51.7. The van der Waals surface area contributed by atoms with E-state index in [0.717, 1.165) is 22.2 Å². The first kappa shape index (κ1) is 26.9. The molecule has 9 nitrogen and oxygen atoms in total. The molecule has 0 atom stereocenters. The van der Waals surface area contributed by atoms with Crippen molar-refractivity contribution >= 4 is 38.2 Å². The van der Waals surface area contributed by atoms with Crippen molar-refractivity contribution in [3.8, 4) is 11.5 Å². The molecule has 1 aliphatic heterocycles. The molecular weight excluding hydrogens is 535 g/mol. The molecule has 0 aliphatic carbocycles. The van der Waals surface area contributed by atoms with E-state index in [1.165, 1.54) is 24.1 Å². The lowest BCUT2D eigenvalue weighted by atomic mass is 10.0. The normalized spacial score (nSPS) is 12.8. The maximum atomic E-state index is 13.9. The van der Waals surface area contributed by atoms with Gasteiger partial charge < -0.3 is 14.4 Å². The number of rotatable bonds is 8. The van der Waals surface area contributed by atoms with Crippen molar-refractivity contribution in [2.75, 3.05) is 24.7 Å². The lowest BCUT2D eigenvalue weighted by Gasteiger charge is -2.23. The number of hydrogen-bond acceptors (Lipinski definition) is 6. The minimum Gasteiger partial charge on any atom is -0.497 e. The monoisotopic (exact) mass is 560 g/mol. The molecule has 40 heavy (non-hydrogen) atoms. The number of sulfonamides is 1. The summed E-state index contributed by atoms with van der Waals surface area (Å²) in [7, 11) is -0.706. The van der Waals surface area contributed by atoms with Crippen LogP contribution in [0.25, 0.3) is 15.7 Å². The standard InChI is InChI=1S/C29H25FN4O5S/c1-31-24-14-20(30)10-9-19(24)15-34-16-23-25(29(34)35)28(39-17-18-7-11-21(38-3)12-8-18)26-22(6-5-13-32-26)27(23)33(2)40(4,36)37/h5-14H,15-17H2,2-4H3. The first-order chi connectivity index (χ1) is 19.1. The van der Waals surface area contributed by atoms with E-state index < -0.39 is 21.7 Å². The molecule has 0 unspecified atom stereocenters. The number of anilines is 1. The van der Waals surface area contributed by atoms with Crippen molar-refractivity contribution in [2.45, 2.75) is 19.7 Å². The number of benzene rings is 3. The van der Waals surface area contributed by atoms with Gasteiger partial charge in [-0.2, -0.15) is 0 Å². The Morgan fingerprint density at radius 3 is 2.60 bits per heavy atom. The van der Waals surface area contributed by atoms with Gasteiger partial charge in [-0.05, 0) is 47.5 Å². The van der Waals surface area contributed by atoms with Gasteiger partial charge in [-0.25, -0.2) is 17.7 Å². The molecule has 1 aromatic heterocycles. The second kappa shape index (κ2) is 10.5. The number of carbonyl (C=O) groups is 1. The van der Waals surface area contributed by atoms with E-state index in [1.54, 1.807) is 37.6 Å². The van der Waals surface area contributed by atoms with Crippen molar-refractivity contribution in [3.63, 3.8) is 0 Å². The van der Waals surface area contributed by atoms with Gasteiger partial charge in [-0.3, -0.25) is 14.1 Å². The number of methoxy groups -OCH3 is 1. The van der Waals surface area contributed by atoms with Crippen LogP contribution in [0.1, 0.15) is 27.0 Å². The van der Waals surface area contributed by atoms with Gasteiger partial charge in [-0.1, -0.05) is 18.2 Å². The van der Waals surface area contributed by atoms with E-state index >= 15 is 0 Å². The van der Waals surface area contributed by atoms with Gasteiger partial charge >= 0.3 is 0 Å². The Kier molecular flexibility index (Phi) is 7.04. The molecule has 0 saturated carbocycles. The van der Waals surface area contributed by atoms with Crippen molar-refractivity contribution in [1.29, 1.82) is 0 Å². The number of nitrogens with zero attached hydrogens (tertiary/aromatic N) is 4. The van der Waals surface area contributed by atoms with Crippen LogP contribution < -0.4 is 13.8 Å². The topological polar surface area (TPSA) is 93.4 Å². The highest BCUT2D eigenvalue weighted by Crippen LogP contribution is 2.45. The Bertz CT molecular complexity index is 1790. The molecule has 204 valence electrons. The summed E-state index contributed by atoms with van der Waals surface area (Å²) in [6, 6.07) is 14.6. The van der Waals surface area contributed by atoms with Crippen molar-refractivity contribution in [3.05, 3.63) is 100 Å². The van der Waals surface area contributed by atoms with Crippen molar-refractivity contribution < 1.29 is 27.1 Å². The highest BCUT2D eigenvalue weighted by molar-refractivity contribution is 7.92. The lowest BCUT2D eigenvalue weighted by Crippen LogP contribution is -2.26. The zero-order chi connectivity index (χ0) is 28.6. The first-order valence-corrected chi connectivity index (χ1v) is 14.1. The van der Waals surface area contributed by atoms with Gasteiger partial charge in [0.1, 0.15) is 23.7 Å². The highest BCUT2D eigenvalue weighted by Gasteiger charge is 2.38. The SMILES string of the molecule is [C-]#[N+]c1cc(F)ccc1CN1Cc2c(c(OCc3ccc(OC)cc3)c3ncccc3c2N(C)S(C)(=O)=O)C1=O. The molecule has 5 rings (SSSR count). The summed E-state index contributed by atoms with van der Waals surface area (Å²) in [5.41, 5.74) is 2.74. The fraction of sp³-hybridized carbons (Fsp3) is 0.207. The number of hydrogen-bond donors (Lipinski definition) is 0. The minimum absolute atomic E-state index is 0.0230. The third kappa shape index (κ3) is 4.89. The number of fused-ring (bicyclic) bond motifs is 2. The van der Waals surface area contributed by atoms with Gasteiger partial charge in [0.25, 0.3) is 5.91 Å². The summed E-state index contributed by atoms with van der Waals surface area (Å²) in [5.74, 6) is -0.0236. The van der Waals surface area contributed by atoms with E-state index in [-0.39, 0.29) is 36.7 Å². The summed E-state index contributed by atoms with van der Waals surface area (Å²) in [5, 5.41) is 0.511. The van der Waals surface area contributed by atoms with E-state index in [2.05, 4.69) is 9.83 Å². The fourth-order valence-corrected chi connectivity index (χ4v) is 5.31. The number of carbonyl (C=O) groups excluding carboxylic acids is 1. The van der Waals surface area contributed by atoms with Crippen LogP contribution >= 0.6 is 0 Å². The number of ether oxygens (including phenoxy) is 2. The fourth-order valence-electron chi connectivity index (χ4n) is 4.77. The predicted molar refractivity (Wildman–Crippen MR) is 149 cm³/mol. The average Bonchev–Trinajstić information content (AvgIpc) is 3.26. The zero-order valence-electron chi connectivity index (χ0n) is 22.0. The quantitative estimate of drug-likeness (QED) is 0.280. The van der Waals surface area contributed by atoms with Crippen LogP contribution in [0.2, 0.25) is 0 Å². The van der Waals surface area contributed by atoms with Crippen LogP contribution in [0.15, 0.2) is 60.8 Å². The Morgan fingerprint density at radius 2 is 1.93 bits per heavy atom. The maximum absolute atomic E-state index is 13.9. The average molecular weight is 561 g/mol. The molecule has 0 bridgehead atoms. The largest absolute Gasteiger partial charge is 0.497 e. The Hall–Kier alpha value is -4.69. The Morgan fingerprint density at radius 1 is 1.18 bits per heavy atom. The third-order valence-corrected chi connectivity index (χ3v) is 8.00. The van der Waals surface area contributed by atoms with Crippen LogP contribution in [-0.4, -0.2) is 44.6 Å². The van der Waals surface area contributed by atoms with Crippen LogP contribution in [-0.2, 0) is 29.7 Å². The molecule has 11 heteroatoms. The molecule has 1 amide bonds. The summed E-state index contributed by atoms with van der Waals surface area (Å²) in [6.45, 7) is 7.64. The number of pyridine rings is 1. The molecular formula is C29H25FN4O5S. The summed E-state index contributed by atoms with van der Waals surface area (Å²) >= 11 is 0. The van der Waals surface area contributed by atoms with Crippen LogP contribution in [0.3, 0.4) is 0 Å². The predicted octanol–water partition coefficient (Wildman–Crippen LogP) is 5.06. The molecule has 0 spiro atoms. The smallest absolute Gasteiger partial charge is 0.258 e. The second-order valence-corrected chi connectivity index (χ2v) is 11.4. The molecule has 0 N–H and O–H groups in total. The van der Waals surface area contributed by atoms with Crippen LogP contribution in [0.4, 0.5) is 15.8 Å². The van der Waals surface area contributed by atoms with Gasteiger partial charge in [0.2, 0.25) is 10.0 Å². The Balaban J connectivity index is 1.65. The summed E-state index contributed by atoms with van der Waals surface area (Å²) in [4.78, 5) is 23.3. The van der Waals surface area contributed by atoms with Crippen LogP contribution in [0, 0.1) is 12.4 Å². The second-order valence-electron chi connectivity index (χ2n) is 9.34. The molecule has 3 aromatic carbocycles. The number of halogens is 1. The van der Waals surface area contributed by atoms with Gasteiger partial charge in [0.05, 0.1) is 31.2 Å². The van der Waals surface area contributed by atoms with Crippen molar-refractivity contribution in [2.24, 2.45) is 0 Å². The number of amides is 1. The molecule has 0 saturated heterocycles. The third-order valence-electron chi connectivity index (χ3n) is 6.83. The van der Waals surface area contributed by atoms with E-state index in [0.29, 0.717) is 33.5 Å². The maximum Gasteiger partial charge on any atom is 0.258 e. The lowest BCUT2D eigenvalue weighted by molar-refractivity contribution is 0.0763. The first-order valence-electron chi connectivity index (χ1n) is 12.2. The van der Waals surface area contributed by atoms with E-state index in [1.807, 2.05) is 12.1 Å². The van der Waals surface area contributed by atoms with Crippen LogP contribution in [0.5, 0.6) is 11.5 Å². The molecule has 0 radical (unpaired) electrons. The van der Waals surface area contributed by atoms with Gasteiger partial charge in [-0.15, -0.1) is 0 Å². The zero-order valence-corrected chi connectivity index (χ0v) is 22.8. The highest BCUT2D eigenvalue weighted by atomic mass is 32.2. The Labute approximate surface area is 231 Å². The van der Waals surface area contributed by atoms with Gasteiger partial charge in [0, 0.05) is 37.3 Å². The molecule has 1 aliphatic rings. The van der Waals surface area contributed by atoms with Crippen molar-refractivity contribution in [1.82, 2.24) is 9.88 Å².